The lowest BCUT2D eigenvalue weighted by Crippen LogP contribution is -2.13. The van der Waals surface area contributed by atoms with Crippen molar-refractivity contribution in [3.05, 3.63) is 210 Å². The molecule has 63 heavy (non-hydrogen) atoms. The molecule has 12 rings (SSSR count). The second-order valence-corrected chi connectivity index (χ2v) is 17.1. The van der Waals surface area contributed by atoms with E-state index in [2.05, 4.69) is 229 Å². The molecule has 0 atom stereocenters. The van der Waals surface area contributed by atoms with Crippen molar-refractivity contribution >= 4 is 65.4 Å². The second-order valence-electron chi connectivity index (χ2n) is 17.1. The lowest BCUT2D eigenvalue weighted by atomic mass is 9.88. The van der Waals surface area contributed by atoms with Crippen molar-refractivity contribution in [3.8, 4) is 45.4 Å². The standard InChI is InChI=1S/C59H42N4/c1-36-23-27-51-44(31-36)45-32-37(2)24-28-52(45)62(51)58-55(40-15-7-5-8-16-40)48(35-60)57(61-49-21-13-11-19-42(49)43-20-12-14-22-50(43)61)59(56(58)41-17-9-6-10-18-41)63-53-29-25-38(3)33-46(53)47-34-39(4)26-30-54(47)63/h5-34H,1-4H3. The number of rotatable bonds is 5. The number of para-hydroxylation sites is 2. The van der Waals surface area contributed by atoms with Crippen LogP contribution in [0.25, 0.3) is 105 Å². The zero-order chi connectivity index (χ0) is 42.5. The highest BCUT2D eigenvalue weighted by Crippen LogP contribution is 2.52. The fourth-order valence-electron chi connectivity index (χ4n) is 10.4. The molecule has 0 aliphatic carbocycles. The highest BCUT2D eigenvalue weighted by molar-refractivity contribution is 6.16. The van der Waals surface area contributed by atoms with Gasteiger partial charge in [0.2, 0.25) is 0 Å². The summed E-state index contributed by atoms with van der Waals surface area (Å²) in [5.41, 5.74) is 18.5. The number of hydrogen-bond acceptors (Lipinski definition) is 1. The molecule has 0 spiro atoms. The predicted molar refractivity (Wildman–Crippen MR) is 264 cm³/mol. The van der Waals surface area contributed by atoms with Gasteiger partial charge >= 0.3 is 0 Å². The van der Waals surface area contributed by atoms with Gasteiger partial charge in [0.1, 0.15) is 6.07 Å². The van der Waals surface area contributed by atoms with Crippen LogP contribution in [0.5, 0.6) is 0 Å². The molecule has 4 heteroatoms. The van der Waals surface area contributed by atoms with Gasteiger partial charge in [0, 0.05) is 43.4 Å². The van der Waals surface area contributed by atoms with E-state index in [0.29, 0.717) is 5.56 Å². The molecule has 0 aliphatic heterocycles. The van der Waals surface area contributed by atoms with E-state index in [1.54, 1.807) is 0 Å². The number of benzene rings is 9. The number of aromatic nitrogens is 3. The molecule has 0 bridgehead atoms. The van der Waals surface area contributed by atoms with Crippen molar-refractivity contribution in [2.45, 2.75) is 27.7 Å². The first-order valence-electron chi connectivity index (χ1n) is 21.7. The van der Waals surface area contributed by atoms with Gasteiger partial charge in [-0.2, -0.15) is 5.26 Å². The molecule has 0 unspecified atom stereocenters. The van der Waals surface area contributed by atoms with Gasteiger partial charge in [0.15, 0.2) is 0 Å². The van der Waals surface area contributed by atoms with Crippen LogP contribution in [-0.4, -0.2) is 13.7 Å². The molecular formula is C59H42N4. The van der Waals surface area contributed by atoms with Crippen LogP contribution in [0.3, 0.4) is 0 Å². The second kappa shape index (κ2) is 14.0. The Bertz CT molecular complexity index is 3720. The fourth-order valence-corrected chi connectivity index (χ4v) is 10.4. The molecule has 3 aromatic heterocycles. The van der Waals surface area contributed by atoms with E-state index in [9.17, 15) is 5.26 Å². The number of fused-ring (bicyclic) bond motifs is 9. The predicted octanol–water partition coefficient (Wildman–Crippen LogP) is 15.4. The Kier molecular flexibility index (Phi) is 8.13. The summed E-state index contributed by atoms with van der Waals surface area (Å²) < 4.78 is 7.29. The highest BCUT2D eigenvalue weighted by Gasteiger charge is 2.33. The van der Waals surface area contributed by atoms with E-state index in [1.165, 1.54) is 43.8 Å². The average molecular weight is 807 g/mol. The van der Waals surface area contributed by atoms with Crippen LogP contribution in [0.2, 0.25) is 0 Å². The molecule has 0 saturated carbocycles. The summed E-state index contributed by atoms with van der Waals surface area (Å²) in [7, 11) is 0. The summed E-state index contributed by atoms with van der Waals surface area (Å²) in [5.74, 6) is 0. The van der Waals surface area contributed by atoms with E-state index >= 15 is 0 Å². The third-order valence-electron chi connectivity index (χ3n) is 13.1. The summed E-state index contributed by atoms with van der Waals surface area (Å²) >= 11 is 0. The zero-order valence-corrected chi connectivity index (χ0v) is 35.6. The van der Waals surface area contributed by atoms with Crippen molar-refractivity contribution in [2.24, 2.45) is 0 Å². The van der Waals surface area contributed by atoms with E-state index < -0.39 is 0 Å². The first-order valence-corrected chi connectivity index (χ1v) is 21.7. The van der Waals surface area contributed by atoms with Crippen molar-refractivity contribution in [1.82, 2.24) is 13.7 Å². The van der Waals surface area contributed by atoms with E-state index in [-0.39, 0.29) is 0 Å². The fraction of sp³-hybridized carbons (Fsp3) is 0.0678. The SMILES string of the molecule is Cc1ccc2c(c1)c1cc(C)ccc1n2-c1c(-c2ccccc2)c(C#N)c(-n2c3ccccc3c3ccccc32)c(-n2c3ccc(C)cc3c3cc(C)ccc32)c1-c1ccccc1. The van der Waals surface area contributed by atoms with E-state index in [4.69, 9.17) is 0 Å². The number of hydrogen-bond donors (Lipinski definition) is 0. The summed E-state index contributed by atoms with van der Waals surface area (Å²) in [6.07, 6.45) is 0. The van der Waals surface area contributed by atoms with Gasteiger partial charge < -0.3 is 13.7 Å². The van der Waals surface area contributed by atoms with Crippen LogP contribution in [-0.2, 0) is 0 Å². The van der Waals surface area contributed by atoms with E-state index in [1.807, 2.05) is 0 Å². The molecule has 0 amide bonds. The molecule has 0 aliphatic rings. The van der Waals surface area contributed by atoms with Crippen LogP contribution >= 0.6 is 0 Å². The van der Waals surface area contributed by atoms with Crippen LogP contribution in [0.4, 0.5) is 0 Å². The monoisotopic (exact) mass is 806 g/mol. The maximum absolute atomic E-state index is 12.2. The van der Waals surface area contributed by atoms with Gasteiger partial charge in [-0.3, -0.25) is 0 Å². The Balaban J connectivity index is 1.45. The molecule has 0 fully saturated rings. The molecule has 3 heterocycles. The first-order chi connectivity index (χ1) is 30.9. The summed E-state index contributed by atoms with van der Waals surface area (Å²) in [6.45, 7) is 8.68. The summed E-state index contributed by atoms with van der Waals surface area (Å²) in [6, 6.07) is 68.8. The Morgan fingerprint density at radius 1 is 0.317 bits per heavy atom. The molecular weight excluding hydrogens is 765 g/mol. The van der Waals surface area contributed by atoms with Gasteiger partial charge in [-0.15, -0.1) is 0 Å². The van der Waals surface area contributed by atoms with Crippen LogP contribution < -0.4 is 0 Å². The average Bonchev–Trinajstić information content (AvgIpc) is 3.93. The Morgan fingerprint density at radius 2 is 0.651 bits per heavy atom. The number of nitrogens with zero attached hydrogens (tertiary/aromatic N) is 4. The van der Waals surface area contributed by atoms with Gasteiger partial charge in [0.25, 0.3) is 0 Å². The van der Waals surface area contributed by atoms with Gasteiger partial charge in [-0.1, -0.05) is 144 Å². The molecule has 298 valence electrons. The maximum atomic E-state index is 12.2. The van der Waals surface area contributed by atoms with Gasteiger partial charge in [0.05, 0.1) is 55.7 Å². The topological polar surface area (TPSA) is 38.6 Å². The summed E-state index contributed by atoms with van der Waals surface area (Å²) in [5, 5.41) is 19.2. The van der Waals surface area contributed by atoms with Gasteiger partial charge in [-0.25, -0.2) is 0 Å². The molecule has 0 saturated heterocycles. The quantitative estimate of drug-likeness (QED) is 0.171. The molecule has 12 aromatic rings. The van der Waals surface area contributed by atoms with Crippen LogP contribution in [0.15, 0.2) is 182 Å². The molecule has 0 radical (unpaired) electrons. The molecule has 4 nitrogen and oxygen atoms in total. The van der Waals surface area contributed by atoms with Crippen LogP contribution in [0, 0.1) is 39.0 Å². The smallest absolute Gasteiger partial charge is 0.102 e. The van der Waals surface area contributed by atoms with Crippen molar-refractivity contribution in [1.29, 1.82) is 5.26 Å². The third kappa shape index (κ3) is 5.40. The van der Waals surface area contributed by atoms with Crippen molar-refractivity contribution in [2.75, 3.05) is 0 Å². The van der Waals surface area contributed by atoms with Crippen molar-refractivity contribution < 1.29 is 0 Å². The largest absolute Gasteiger partial charge is 0.308 e. The minimum absolute atomic E-state index is 0.598. The minimum Gasteiger partial charge on any atom is -0.308 e. The van der Waals surface area contributed by atoms with Crippen LogP contribution in [0.1, 0.15) is 27.8 Å². The first kappa shape index (κ1) is 36.7. The number of nitriles is 1. The Morgan fingerprint density at radius 3 is 1.06 bits per heavy atom. The normalized spacial score (nSPS) is 11.8. The Hall–Kier alpha value is -8.13. The van der Waals surface area contributed by atoms with Crippen molar-refractivity contribution in [3.63, 3.8) is 0 Å². The molecule has 9 aromatic carbocycles. The third-order valence-corrected chi connectivity index (χ3v) is 13.1. The molecule has 0 N–H and O–H groups in total. The lowest BCUT2D eigenvalue weighted by Gasteiger charge is -2.28. The van der Waals surface area contributed by atoms with E-state index in [0.717, 1.165) is 83.2 Å². The maximum Gasteiger partial charge on any atom is 0.102 e. The minimum atomic E-state index is 0.598. The zero-order valence-electron chi connectivity index (χ0n) is 35.6. The lowest BCUT2D eigenvalue weighted by molar-refractivity contribution is 1.07. The summed E-state index contributed by atoms with van der Waals surface area (Å²) in [4.78, 5) is 0. The Labute approximate surface area is 365 Å². The number of aryl methyl sites for hydroxylation is 4. The van der Waals surface area contributed by atoms with Gasteiger partial charge in [-0.05, 0) is 99.5 Å². The highest BCUT2D eigenvalue weighted by atomic mass is 15.1.